The summed E-state index contributed by atoms with van der Waals surface area (Å²) in [5.74, 6) is 0.0770. The molecule has 0 amide bonds. The van der Waals surface area contributed by atoms with E-state index in [4.69, 9.17) is 16.3 Å². The van der Waals surface area contributed by atoms with Crippen molar-refractivity contribution in [3.05, 3.63) is 58.6 Å². The van der Waals surface area contributed by atoms with Gasteiger partial charge >= 0.3 is 6.18 Å². The van der Waals surface area contributed by atoms with Gasteiger partial charge in [-0.25, -0.2) is 0 Å². The topological polar surface area (TPSA) is 69.9 Å². The number of carbonyl (C=O) groups is 1. The van der Waals surface area contributed by atoms with Crippen molar-refractivity contribution in [1.82, 2.24) is 20.2 Å². The van der Waals surface area contributed by atoms with Crippen molar-refractivity contribution in [1.29, 1.82) is 0 Å². The van der Waals surface area contributed by atoms with Crippen molar-refractivity contribution in [2.75, 3.05) is 7.11 Å². The van der Waals surface area contributed by atoms with Gasteiger partial charge in [0.15, 0.2) is 5.78 Å². The molecule has 10 heteroatoms. The summed E-state index contributed by atoms with van der Waals surface area (Å²) in [6, 6.07) is 9.10. The van der Waals surface area contributed by atoms with E-state index in [2.05, 4.69) is 15.4 Å². The monoisotopic (exact) mass is 396 g/mol. The van der Waals surface area contributed by atoms with Crippen LogP contribution in [0.1, 0.15) is 15.9 Å². The van der Waals surface area contributed by atoms with E-state index < -0.39 is 11.7 Å². The van der Waals surface area contributed by atoms with E-state index >= 15 is 0 Å². The number of methoxy groups -OCH3 is 1. The Morgan fingerprint density at radius 1 is 1.22 bits per heavy atom. The summed E-state index contributed by atoms with van der Waals surface area (Å²) in [5.41, 5.74) is -0.352. The van der Waals surface area contributed by atoms with Gasteiger partial charge in [-0.1, -0.05) is 23.7 Å². The third-order valence-corrected chi connectivity index (χ3v) is 3.96. The maximum Gasteiger partial charge on any atom is 0.416 e. The van der Waals surface area contributed by atoms with Crippen LogP contribution in [0, 0.1) is 0 Å². The lowest BCUT2D eigenvalue weighted by molar-refractivity contribution is -0.137. The number of Topliss-reactive ketones (excluding diaryl/α,β-unsaturated/α-hetero) is 1. The molecule has 140 valence electrons. The Hall–Kier alpha value is -2.94. The van der Waals surface area contributed by atoms with Gasteiger partial charge in [0, 0.05) is 11.1 Å². The van der Waals surface area contributed by atoms with Crippen molar-refractivity contribution in [3.63, 3.8) is 0 Å². The number of nitrogens with zero attached hydrogens (tertiary/aromatic N) is 4. The molecule has 0 spiro atoms. The van der Waals surface area contributed by atoms with Crippen LogP contribution in [-0.2, 0) is 12.7 Å². The highest BCUT2D eigenvalue weighted by Gasteiger charge is 2.30. The molecule has 1 aromatic heterocycles. The smallest absolute Gasteiger partial charge is 0.416 e. The first-order chi connectivity index (χ1) is 12.8. The summed E-state index contributed by atoms with van der Waals surface area (Å²) in [5, 5.41) is 11.7. The molecule has 6 nitrogen and oxygen atoms in total. The SMILES string of the molecule is COc1ccc(C(=O)Cn2nnc(-c3cccc(C(F)(F)F)c3)n2)cc1Cl. The molecular formula is C17H12ClF3N4O2. The number of carbonyl (C=O) groups excluding carboxylic acids is 1. The number of hydrogen-bond donors (Lipinski definition) is 0. The molecule has 0 atom stereocenters. The van der Waals surface area contributed by atoms with E-state index in [-0.39, 0.29) is 28.7 Å². The van der Waals surface area contributed by atoms with Gasteiger partial charge in [0.05, 0.1) is 17.7 Å². The Morgan fingerprint density at radius 2 is 2.00 bits per heavy atom. The Bertz CT molecular complexity index is 988. The Balaban J connectivity index is 1.78. The first kappa shape index (κ1) is 18.8. The van der Waals surface area contributed by atoms with Gasteiger partial charge in [-0.3, -0.25) is 4.79 Å². The standard InChI is InChI=1S/C17H12ClF3N4O2/c1-27-15-6-5-10(8-13(15)18)14(26)9-25-23-16(22-24-25)11-3-2-4-12(7-11)17(19,20)21/h2-8H,9H2,1H3. The summed E-state index contributed by atoms with van der Waals surface area (Å²) in [7, 11) is 1.46. The molecule has 0 aliphatic carbocycles. The second-order valence-corrected chi connectivity index (χ2v) is 5.90. The number of alkyl halides is 3. The molecule has 0 aliphatic rings. The predicted octanol–water partition coefficient (Wildman–Crippen LogP) is 3.90. The quantitative estimate of drug-likeness (QED) is 0.612. The van der Waals surface area contributed by atoms with Crippen molar-refractivity contribution < 1.29 is 22.7 Å². The summed E-state index contributed by atoms with van der Waals surface area (Å²) in [6.45, 7) is -0.241. The molecule has 2 aromatic carbocycles. The minimum absolute atomic E-state index is 0.0123. The fourth-order valence-corrected chi connectivity index (χ4v) is 2.58. The van der Waals surface area contributed by atoms with Crippen molar-refractivity contribution in [3.8, 4) is 17.1 Å². The van der Waals surface area contributed by atoms with Gasteiger partial charge in [-0.05, 0) is 35.5 Å². The highest BCUT2D eigenvalue weighted by molar-refractivity contribution is 6.32. The maximum atomic E-state index is 12.8. The highest BCUT2D eigenvalue weighted by Crippen LogP contribution is 2.31. The van der Waals surface area contributed by atoms with Crippen LogP contribution >= 0.6 is 11.6 Å². The Kier molecular flexibility index (Phi) is 5.13. The summed E-state index contributed by atoms with van der Waals surface area (Å²) in [6.07, 6.45) is -4.48. The van der Waals surface area contributed by atoms with Crippen molar-refractivity contribution >= 4 is 17.4 Å². The zero-order chi connectivity index (χ0) is 19.6. The minimum Gasteiger partial charge on any atom is -0.495 e. The van der Waals surface area contributed by atoms with Gasteiger partial charge in [-0.15, -0.1) is 10.2 Å². The third-order valence-electron chi connectivity index (χ3n) is 3.66. The zero-order valence-corrected chi connectivity index (χ0v) is 14.6. The molecule has 3 aromatic rings. The Labute approximate surface area is 156 Å². The van der Waals surface area contributed by atoms with E-state index in [0.717, 1.165) is 16.9 Å². The van der Waals surface area contributed by atoms with Gasteiger partial charge in [0.25, 0.3) is 0 Å². The van der Waals surface area contributed by atoms with E-state index in [1.54, 1.807) is 6.07 Å². The summed E-state index contributed by atoms with van der Waals surface area (Å²) >= 11 is 5.99. The number of hydrogen-bond acceptors (Lipinski definition) is 5. The normalized spacial score (nSPS) is 11.4. The fraction of sp³-hybridized carbons (Fsp3) is 0.176. The molecule has 1 heterocycles. The largest absolute Gasteiger partial charge is 0.495 e. The molecule has 0 radical (unpaired) electrons. The maximum absolute atomic E-state index is 12.8. The van der Waals surface area contributed by atoms with Gasteiger partial charge in [0.2, 0.25) is 5.82 Å². The van der Waals surface area contributed by atoms with E-state index in [1.165, 1.54) is 31.4 Å². The van der Waals surface area contributed by atoms with Gasteiger partial charge in [-0.2, -0.15) is 18.0 Å². The van der Waals surface area contributed by atoms with Gasteiger partial charge < -0.3 is 4.74 Å². The lowest BCUT2D eigenvalue weighted by Gasteiger charge is -2.06. The van der Waals surface area contributed by atoms with Crippen LogP contribution in [0.15, 0.2) is 42.5 Å². The molecule has 27 heavy (non-hydrogen) atoms. The summed E-state index contributed by atoms with van der Waals surface area (Å²) < 4.78 is 43.4. The van der Waals surface area contributed by atoms with E-state index in [9.17, 15) is 18.0 Å². The van der Waals surface area contributed by atoms with Crippen LogP contribution in [0.2, 0.25) is 5.02 Å². The molecule has 0 saturated carbocycles. The molecule has 0 bridgehead atoms. The Morgan fingerprint density at radius 3 is 2.67 bits per heavy atom. The molecule has 0 saturated heterocycles. The molecule has 0 N–H and O–H groups in total. The van der Waals surface area contributed by atoms with Crippen LogP contribution in [0.25, 0.3) is 11.4 Å². The zero-order valence-electron chi connectivity index (χ0n) is 13.9. The minimum atomic E-state index is -4.48. The number of rotatable bonds is 5. The molecule has 0 fully saturated rings. The van der Waals surface area contributed by atoms with Crippen LogP contribution in [0.4, 0.5) is 13.2 Å². The number of benzene rings is 2. The number of tetrazole rings is 1. The summed E-state index contributed by atoms with van der Waals surface area (Å²) in [4.78, 5) is 13.3. The van der Waals surface area contributed by atoms with Crippen LogP contribution < -0.4 is 4.74 Å². The molecule has 0 aliphatic heterocycles. The average molecular weight is 397 g/mol. The van der Waals surface area contributed by atoms with Crippen LogP contribution in [-0.4, -0.2) is 33.1 Å². The number of aromatic nitrogens is 4. The van der Waals surface area contributed by atoms with Crippen LogP contribution in [0.5, 0.6) is 5.75 Å². The average Bonchev–Trinajstić information content (AvgIpc) is 3.09. The molecular weight excluding hydrogens is 385 g/mol. The fourth-order valence-electron chi connectivity index (χ4n) is 2.32. The third kappa shape index (κ3) is 4.25. The van der Waals surface area contributed by atoms with Crippen LogP contribution in [0.3, 0.4) is 0 Å². The number of ether oxygens (including phenoxy) is 1. The second-order valence-electron chi connectivity index (χ2n) is 5.49. The predicted molar refractivity (Wildman–Crippen MR) is 90.6 cm³/mol. The lowest BCUT2D eigenvalue weighted by Crippen LogP contribution is -2.13. The second kappa shape index (κ2) is 7.36. The highest BCUT2D eigenvalue weighted by atomic mass is 35.5. The van der Waals surface area contributed by atoms with Gasteiger partial charge in [0.1, 0.15) is 12.3 Å². The first-order valence-corrected chi connectivity index (χ1v) is 7.98. The van der Waals surface area contributed by atoms with E-state index in [1.807, 2.05) is 0 Å². The van der Waals surface area contributed by atoms with E-state index in [0.29, 0.717) is 11.3 Å². The lowest BCUT2D eigenvalue weighted by atomic mass is 10.1. The number of halogens is 4. The first-order valence-electron chi connectivity index (χ1n) is 7.60. The van der Waals surface area contributed by atoms with Crippen molar-refractivity contribution in [2.45, 2.75) is 12.7 Å². The number of ketones is 1. The molecule has 0 unspecified atom stereocenters. The van der Waals surface area contributed by atoms with Crippen molar-refractivity contribution in [2.24, 2.45) is 0 Å². The molecule has 3 rings (SSSR count).